The number of fused-ring (bicyclic) bond motifs is 1. The topological polar surface area (TPSA) is 63.7 Å². The minimum absolute atomic E-state index is 0.232. The molecule has 6 heteroatoms. The largest absolute Gasteiger partial charge is 0.465 e. The van der Waals surface area contributed by atoms with E-state index >= 15 is 0 Å². The van der Waals surface area contributed by atoms with E-state index in [1.807, 2.05) is 18.4 Å². The number of rotatable bonds is 2. The number of ether oxygens (including phenoxy) is 1. The van der Waals surface area contributed by atoms with Crippen LogP contribution in [0.5, 0.6) is 0 Å². The number of thiophene rings is 1. The summed E-state index contributed by atoms with van der Waals surface area (Å²) in [5, 5.41) is 2.44. The summed E-state index contributed by atoms with van der Waals surface area (Å²) in [6.45, 7) is 1.84. The fourth-order valence-electron chi connectivity index (χ4n) is 2.26. The molecule has 0 saturated heterocycles. The molecule has 1 aromatic carbocycles. The minimum atomic E-state index is -0.538. The van der Waals surface area contributed by atoms with Crippen molar-refractivity contribution in [2.45, 2.75) is 6.92 Å². The van der Waals surface area contributed by atoms with Crippen molar-refractivity contribution in [2.75, 3.05) is 12.0 Å². The molecule has 2 aromatic rings. The molecule has 5 nitrogen and oxygen atoms in total. The van der Waals surface area contributed by atoms with Crippen LogP contribution in [0.25, 0.3) is 0 Å². The van der Waals surface area contributed by atoms with Gasteiger partial charge in [0.15, 0.2) is 0 Å². The van der Waals surface area contributed by atoms with Crippen molar-refractivity contribution in [2.24, 2.45) is 0 Å². The summed E-state index contributed by atoms with van der Waals surface area (Å²) in [5.74, 6) is -1.31. The molecule has 1 aromatic heterocycles. The number of carbonyl (C=O) groups is 3. The maximum atomic E-state index is 12.5. The molecule has 2 amide bonds. The van der Waals surface area contributed by atoms with Crippen molar-refractivity contribution in [3.63, 3.8) is 0 Å². The fourth-order valence-corrected chi connectivity index (χ4v) is 3.19. The molecule has 0 atom stereocenters. The van der Waals surface area contributed by atoms with E-state index in [2.05, 4.69) is 4.74 Å². The normalized spacial score (nSPS) is 13.5. The van der Waals surface area contributed by atoms with E-state index in [-0.39, 0.29) is 17.0 Å². The highest BCUT2D eigenvalue weighted by atomic mass is 32.1. The monoisotopic (exact) mass is 301 g/mol. The van der Waals surface area contributed by atoms with Gasteiger partial charge in [-0.05, 0) is 42.1 Å². The molecule has 3 rings (SSSR count). The van der Waals surface area contributed by atoms with Crippen LogP contribution in [0.15, 0.2) is 29.6 Å². The second-order valence-electron chi connectivity index (χ2n) is 4.61. The molecule has 0 spiro atoms. The molecule has 21 heavy (non-hydrogen) atoms. The van der Waals surface area contributed by atoms with Crippen LogP contribution in [0.4, 0.5) is 5.00 Å². The third-order valence-electron chi connectivity index (χ3n) is 3.35. The van der Waals surface area contributed by atoms with Crippen LogP contribution in [-0.2, 0) is 4.74 Å². The fraction of sp³-hybridized carbons (Fsp3) is 0.133. The van der Waals surface area contributed by atoms with E-state index < -0.39 is 11.9 Å². The first-order chi connectivity index (χ1) is 10.0. The van der Waals surface area contributed by atoms with Gasteiger partial charge in [0.1, 0.15) is 5.00 Å². The lowest BCUT2D eigenvalue weighted by Crippen LogP contribution is -2.29. The Balaban J connectivity index is 2.09. The van der Waals surface area contributed by atoms with Gasteiger partial charge in [-0.2, -0.15) is 0 Å². The van der Waals surface area contributed by atoms with Crippen molar-refractivity contribution in [1.29, 1.82) is 0 Å². The second kappa shape index (κ2) is 4.82. The molecule has 0 N–H and O–H groups in total. The SMILES string of the molecule is COC(=O)c1ccc2c(c1)C(=O)N(c1sccc1C)C2=O. The van der Waals surface area contributed by atoms with Gasteiger partial charge in [-0.15, -0.1) is 11.3 Å². The van der Waals surface area contributed by atoms with Crippen molar-refractivity contribution >= 4 is 34.1 Å². The molecule has 1 aliphatic heterocycles. The summed E-state index contributed by atoms with van der Waals surface area (Å²) < 4.78 is 4.63. The van der Waals surface area contributed by atoms with Crippen molar-refractivity contribution in [3.8, 4) is 0 Å². The molecule has 0 fully saturated rings. The molecule has 0 unspecified atom stereocenters. The van der Waals surface area contributed by atoms with Crippen LogP contribution in [0, 0.1) is 6.92 Å². The number of amides is 2. The van der Waals surface area contributed by atoms with E-state index in [1.165, 1.54) is 36.6 Å². The van der Waals surface area contributed by atoms with Gasteiger partial charge in [0.2, 0.25) is 0 Å². The van der Waals surface area contributed by atoms with Crippen LogP contribution >= 0.6 is 11.3 Å². The average molecular weight is 301 g/mol. The van der Waals surface area contributed by atoms with E-state index in [0.29, 0.717) is 10.6 Å². The highest BCUT2D eigenvalue weighted by molar-refractivity contribution is 7.14. The number of hydrogen-bond donors (Lipinski definition) is 0. The van der Waals surface area contributed by atoms with Gasteiger partial charge in [-0.25, -0.2) is 9.69 Å². The Hall–Kier alpha value is -2.47. The molecule has 0 saturated carbocycles. The Morgan fingerprint density at radius 3 is 2.48 bits per heavy atom. The third-order valence-corrected chi connectivity index (χ3v) is 4.35. The Kier molecular flexibility index (Phi) is 3.10. The van der Waals surface area contributed by atoms with Crippen LogP contribution in [0.3, 0.4) is 0 Å². The van der Waals surface area contributed by atoms with E-state index in [1.54, 1.807) is 0 Å². The van der Waals surface area contributed by atoms with Gasteiger partial charge in [0.05, 0.1) is 23.8 Å². The predicted molar refractivity (Wildman–Crippen MR) is 78.0 cm³/mol. The number of esters is 1. The second-order valence-corrected chi connectivity index (χ2v) is 5.50. The van der Waals surface area contributed by atoms with Crippen molar-refractivity contribution < 1.29 is 19.1 Å². The molecular weight excluding hydrogens is 290 g/mol. The summed E-state index contributed by atoms with van der Waals surface area (Å²) >= 11 is 1.33. The van der Waals surface area contributed by atoms with Crippen LogP contribution in [0.1, 0.15) is 36.6 Å². The van der Waals surface area contributed by atoms with Crippen LogP contribution in [-0.4, -0.2) is 24.9 Å². The van der Waals surface area contributed by atoms with E-state index in [0.717, 1.165) is 10.5 Å². The Morgan fingerprint density at radius 2 is 1.86 bits per heavy atom. The Labute approximate surface area is 124 Å². The molecule has 0 aliphatic carbocycles. The molecule has 1 aliphatic rings. The molecule has 2 heterocycles. The van der Waals surface area contributed by atoms with Gasteiger partial charge in [0.25, 0.3) is 11.8 Å². The number of nitrogens with zero attached hydrogens (tertiary/aromatic N) is 1. The predicted octanol–water partition coefficient (Wildman–Crippen LogP) is 2.64. The number of benzene rings is 1. The van der Waals surface area contributed by atoms with Gasteiger partial charge >= 0.3 is 5.97 Å². The number of methoxy groups -OCH3 is 1. The van der Waals surface area contributed by atoms with Gasteiger partial charge in [-0.1, -0.05) is 0 Å². The number of aryl methyl sites for hydroxylation is 1. The minimum Gasteiger partial charge on any atom is -0.465 e. The lowest BCUT2D eigenvalue weighted by molar-refractivity contribution is 0.0600. The summed E-state index contributed by atoms with van der Waals surface area (Å²) in [5.41, 5.74) is 1.65. The highest BCUT2D eigenvalue weighted by Crippen LogP contribution is 2.34. The Bertz CT molecular complexity index is 778. The molecule has 0 bridgehead atoms. The van der Waals surface area contributed by atoms with E-state index in [9.17, 15) is 14.4 Å². The number of anilines is 1. The lowest BCUT2D eigenvalue weighted by Gasteiger charge is -2.12. The van der Waals surface area contributed by atoms with Crippen LogP contribution < -0.4 is 4.90 Å². The first-order valence-electron chi connectivity index (χ1n) is 6.20. The maximum Gasteiger partial charge on any atom is 0.337 e. The van der Waals surface area contributed by atoms with Crippen LogP contribution in [0.2, 0.25) is 0 Å². The van der Waals surface area contributed by atoms with Gasteiger partial charge < -0.3 is 4.74 Å². The standard InChI is InChI=1S/C15H11NO4S/c1-8-5-6-21-14(8)16-12(17)10-4-3-9(15(19)20-2)7-11(10)13(16)18/h3-7H,1-2H3. The maximum absolute atomic E-state index is 12.5. The first kappa shape index (κ1) is 13.5. The molecule has 106 valence electrons. The van der Waals surface area contributed by atoms with Gasteiger partial charge in [0, 0.05) is 0 Å². The summed E-state index contributed by atoms with van der Waals surface area (Å²) in [6, 6.07) is 6.24. The zero-order valence-corrected chi connectivity index (χ0v) is 12.2. The number of imide groups is 1. The van der Waals surface area contributed by atoms with Gasteiger partial charge in [-0.3, -0.25) is 9.59 Å². The zero-order valence-electron chi connectivity index (χ0n) is 11.4. The number of hydrogen-bond acceptors (Lipinski definition) is 5. The smallest absolute Gasteiger partial charge is 0.337 e. The average Bonchev–Trinajstić information content (AvgIpc) is 3.01. The molecular formula is C15H11NO4S. The Morgan fingerprint density at radius 1 is 1.14 bits per heavy atom. The zero-order chi connectivity index (χ0) is 15.1. The first-order valence-corrected chi connectivity index (χ1v) is 7.08. The van der Waals surface area contributed by atoms with Crippen molar-refractivity contribution in [1.82, 2.24) is 0 Å². The number of carbonyl (C=O) groups excluding carboxylic acids is 3. The summed E-state index contributed by atoms with van der Waals surface area (Å²) in [4.78, 5) is 37.6. The highest BCUT2D eigenvalue weighted by Gasteiger charge is 2.38. The quantitative estimate of drug-likeness (QED) is 0.632. The third kappa shape index (κ3) is 1.95. The summed E-state index contributed by atoms with van der Waals surface area (Å²) in [7, 11) is 1.27. The van der Waals surface area contributed by atoms with E-state index in [4.69, 9.17) is 0 Å². The summed E-state index contributed by atoms with van der Waals surface area (Å²) in [6.07, 6.45) is 0. The lowest BCUT2D eigenvalue weighted by atomic mass is 10.1. The van der Waals surface area contributed by atoms with Crippen molar-refractivity contribution in [3.05, 3.63) is 51.9 Å². The molecule has 0 radical (unpaired) electrons.